The maximum atomic E-state index is 11.7. The fraction of sp³-hybridized carbons (Fsp3) is 0.273. The van der Waals surface area contributed by atoms with Crippen molar-refractivity contribution in [2.24, 2.45) is 0 Å². The molecule has 0 unspecified atom stereocenters. The Bertz CT molecular complexity index is 604. The van der Waals surface area contributed by atoms with E-state index in [2.05, 4.69) is 25.8 Å². The van der Waals surface area contributed by atoms with Gasteiger partial charge in [-0.1, -0.05) is 0 Å². The third-order valence-electron chi connectivity index (χ3n) is 2.22. The van der Waals surface area contributed by atoms with Crippen LogP contribution in [0.25, 0.3) is 0 Å². The van der Waals surface area contributed by atoms with Crippen LogP contribution in [0.2, 0.25) is 0 Å². The lowest BCUT2D eigenvalue weighted by Crippen LogP contribution is -2.32. The van der Waals surface area contributed by atoms with Gasteiger partial charge in [-0.3, -0.25) is 20.0 Å². The number of nitrogens with one attached hydrogen (secondary N) is 3. The summed E-state index contributed by atoms with van der Waals surface area (Å²) in [6.45, 7) is 3.52. The number of thiophene rings is 1. The highest BCUT2D eigenvalue weighted by Crippen LogP contribution is 2.14. The van der Waals surface area contributed by atoms with Crippen molar-refractivity contribution in [1.29, 1.82) is 0 Å². The van der Waals surface area contributed by atoms with Crippen LogP contribution in [0.4, 0.5) is 5.95 Å². The van der Waals surface area contributed by atoms with Crippen LogP contribution in [0, 0.1) is 13.8 Å². The van der Waals surface area contributed by atoms with E-state index in [1.807, 2.05) is 13.0 Å². The molecule has 2 aromatic heterocycles. The van der Waals surface area contributed by atoms with Crippen LogP contribution in [0.3, 0.4) is 0 Å². The van der Waals surface area contributed by atoms with E-state index in [-0.39, 0.29) is 24.3 Å². The van der Waals surface area contributed by atoms with Crippen LogP contribution in [0.5, 0.6) is 0 Å². The van der Waals surface area contributed by atoms with Crippen molar-refractivity contribution in [2.45, 2.75) is 13.8 Å². The summed E-state index contributed by atoms with van der Waals surface area (Å²) in [6.07, 6.45) is 0. The smallest absolute Gasteiger partial charge is 0.261 e. The molecule has 8 heteroatoms. The van der Waals surface area contributed by atoms with Gasteiger partial charge in [-0.05, 0) is 26.0 Å². The molecule has 100 valence electrons. The molecule has 0 aliphatic rings. The number of carbonyl (C=O) groups excluding carboxylic acids is 2. The van der Waals surface area contributed by atoms with Gasteiger partial charge in [0.15, 0.2) is 0 Å². The second-order valence-corrected chi connectivity index (χ2v) is 5.17. The normalized spacial score (nSPS) is 10.2. The maximum absolute atomic E-state index is 11.7. The van der Waals surface area contributed by atoms with Crippen molar-refractivity contribution in [2.75, 3.05) is 11.9 Å². The predicted molar refractivity (Wildman–Crippen MR) is 71.1 cm³/mol. The van der Waals surface area contributed by atoms with Gasteiger partial charge in [0, 0.05) is 4.88 Å². The molecule has 2 amide bonds. The Balaban J connectivity index is 1.82. The van der Waals surface area contributed by atoms with E-state index in [1.54, 1.807) is 13.0 Å². The average Bonchev–Trinajstić information content (AvgIpc) is 2.95. The van der Waals surface area contributed by atoms with Gasteiger partial charge in [0.2, 0.25) is 11.9 Å². The summed E-state index contributed by atoms with van der Waals surface area (Å²) in [6, 6.07) is 3.59. The quantitative estimate of drug-likeness (QED) is 0.772. The third kappa shape index (κ3) is 3.62. The third-order valence-corrected chi connectivity index (χ3v) is 3.22. The first-order valence-corrected chi connectivity index (χ1v) is 6.40. The average molecular weight is 279 g/mol. The van der Waals surface area contributed by atoms with Crippen molar-refractivity contribution < 1.29 is 9.59 Å². The van der Waals surface area contributed by atoms with Crippen molar-refractivity contribution in [3.63, 3.8) is 0 Å². The lowest BCUT2D eigenvalue weighted by molar-refractivity contribution is -0.115. The van der Waals surface area contributed by atoms with Crippen LogP contribution in [0.1, 0.15) is 20.4 Å². The van der Waals surface area contributed by atoms with E-state index in [1.165, 1.54) is 11.3 Å². The Kier molecular flexibility index (Phi) is 3.91. The molecule has 19 heavy (non-hydrogen) atoms. The molecule has 0 fully saturated rings. The minimum Gasteiger partial charge on any atom is -0.342 e. The summed E-state index contributed by atoms with van der Waals surface area (Å²) < 4.78 is 0. The number of amides is 2. The van der Waals surface area contributed by atoms with E-state index in [4.69, 9.17) is 0 Å². The van der Waals surface area contributed by atoms with E-state index in [0.29, 0.717) is 10.7 Å². The summed E-state index contributed by atoms with van der Waals surface area (Å²) in [4.78, 5) is 28.8. The summed E-state index contributed by atoms with van der Waals surface area (Å²) in [5.74, 6) is 0.164. The fourth-order valence-electron chi connectivity index (χ4n) is 1.37. The van der Waals surface area contributed by atoms with Gasteiger partial charge in [-0.15, -0.1) is 16.4 Å². The van der Waals surface area contributed by atoms with E-state index >= 15 is 0 Å². The Morgan fingerprint density at radius 1 is 1.37 bits per heavy atom. The van der Waals surface area contributed by atoms with E-state index in [0.717, 1.165) is 4.88 Å². The molecule has 2 rings (SSSR count). The number of anilines is 1. The van der Waals surface area contributed by atoms with Crippen LogP contribution in [-0.4, -0.2) is 33.5 Å². The molecule has 0 aromatic carbocycles. The highest BCUT2D eigenvalue weighted by atomic mass is 32.1. The zero-order valence-corrected chi connectivity index (χ0v) is 11.3. The van der Waals surface area contributed by atoms with Crippen molar-refractivity contribution in [3.05, 3.63) is 27.7 Å². The molecule has 0 aliphatic heterocycles. The Morgan fingerprint density at radius 3 is 2.74 bits per heavy atom. The minimum atomic E-state index is -0.374. The first-order chi connectivity index (χ1) is 9.04. The van der Waals surface area contributed by atoms with Gasteiger partial charge in [0.05, 0.1) is 11.4 Å². The number of nitrogens with zero attached hydrogens (tertiary/aromatic N) is 2. The number of aryl methyl sites for hydroxylation is 2. The lowest BCUT2D eigenvalue weighted by Gasteiger charge is -2.02. The fourth-order valence-corrected chi connectivity index (χ4v) is 2.16. The zero-order valence-electron chi connectivity index (χ0n) is 10.5. The first kappa shape index (κ1) is 13.2. The summed E-state index contributed by atoms with van der Waals surface area (Å²) in [7, 11) is 0. The van der Waals surface area contributed by atoms with Gasteiger partial charge in [-0.25, -0.2) is 0 Å². The summed E-state index contributed by atoms with van der Waals surface area (Å²) >= 11 is 1.38. The predicted octanol–water partition coefficient (Wildman–Crippen LogP) is 0.852. The SMILES string of the molecule is Cc1nc(NC(=O)CNC(=O)c2ccc(C)s2)n[nH]1. The number of aromatic amines is 1. The van der Waals surface area contributed by atoms with Crippen molar-refractivity contribution >= 4 is 29.1 Å². The second-order valence-electron chi connectivity index (χ2n) is 3.89. The zero-order chi connectivity index (χ0) is 13.8. The molecule has 0 spiro atoms. The number of aromatic nitrogens is 3. The monoisotopic (exact) mass is 279 g/mol. The number of carbonyl (C=O) groups is 2. The summed E-state index contributed by atoms with van der Waals surface area (Å²) in [5.41, 5.74) is 0. The van der Waals surface area contributed by atoms with Crippen LogP contribution < -0.4 is 10.6 Å². The van der Waals surface area contributed by atoms with Gasteiger partial charge < -0.3 is 5.32 Å². The number of H-pyrrole nitrogens is 1. The molecule has 0 aliphatic carbocycles. The molecule has 2 aromatic rings. The highest BCUT2D eigenvalue weighted by Gasteiger charge is 2.11. The second kappa shape index (κ2) is 5.61. The molecule has 0 saturated heterocycles. The molecular formula is C11H13N5O2S. The van der Waals surface area contributed by atoms with Gasteiger partial charge in [-0.2, -0.15) is 4.98 Å². The number of hydrogen-bond donors (Lipinski definition) is 3. The van der Waals surface area contributed by atoms with Crippen molar-refractivity contribution in [1.82, 2.24) is 20.5 Å². The Morgan fingerprint density at radius 2 is 2.16 bits per heavy atom. The van der Waals surface area contributed by atoms with Crippen molar-refractivity contribution in [3.8, 4) is 0 Å². The lowest BCUT2D eigenvalue weighted by atomic mass is 10.4. The molecule has 0 saturated carbocycles. The Labute approximate surface area is 113 Å². The molecule has 2 heterocycles. The maximum Gasteiger partial charge on any atom is 0.261 e. The minimum absolute atomic E-state index is 0.122. The van der Waals surface area contributed by atoms with E-state index < -0.39 is 0 Å². The van der Waals surface area contributed by atoms with Gasteiger partial charge >= 0.3 is 0 Å². The van der Waals surface area contributed by atoms with Crippen LogP contribution >= 0.6 is 11.3 Å². The van der Waals surface area contributed by atoms with Crippen LogP contribution in [0.15, 0.2) is 12.1 Å². The van der Waals surface area contributed by atoms with Crippen LogP contribution in [-0.2, 0) is 4.79 Å². The van der Waals surface area contributed by atoms with E-state index in [9.17, 15) is 9.59 Å². The highest BCUT2D eigenvalue weighted by molar-refractivity contribution is 7.13. The topological polar surface area (TPSA) is 99.8 Å². The van der Waals surface area contributed by atoms with Gasteiger partial charge in [0.1, 0.15) is 5.82 Å². The number of hydrogen-bond acceptors (Lipinski definition) is 5. The standard InChI is InChI=1S/C11H13N5O2S/c1-6-3-4-8(19-6)10(18)12-5-9(17)14-11-13-7(2)15-16-11/h3-4H,5H2,1-2H3,(H,12,18)(H2,13,14,15,16,17). The Hall–Kier alpha value is -2.22. The molecular weight excluding hydrogens is 266 g/mol. The molecule has 0 radical (unpaired) electrons. The summed E-state index contributed by atoms with van der Waals surface area (Å²) in [5, 5.41) is 11.4. The first-order valence-electron chi connectivity index (χ1n) is 5.58. The number of rotatable bonds is 4. The molecule has 0 atom stereocenters. The largest absolute Gasteiger partial charge is 0.342 e. The molecule has 3 N–H and O–H groups in total. The molecule has 0 bridgehead atoms. The molecule has 7 nitrogen and oxygen atoms in total. The van der Waals surface area contributed by atoms with Gasteiger partial charge in [0.25, 0.3) is 5.91 Å².